The minimum absolute atomic E-state index is 0.346. The molecule has 0 aromatic heterocycles. The van der Waals surface area contributed by atoms with Crippen molar-refractivity contribution < 1.29 is 19.1 Å². The van der Waals surface area contributed by atoms with Gasteiger partial charge in [0.2, 0.25) is 0 Å². The first-order chi connectivity index (χ1) is 15.1. The molecule has 0 aliphatic carbocycles. The largest absolute Gasteiger partial charge is 0.454 e. The molecule has 0 heterocycles. The number of hydrogen-bond acceptors (Lipinski definition) is 4. The van der Waals surface area contributed by atoms with Crippen LogP contribution in [0.2, 0.25) is 0 Å². The van der Waals surface area contributed by atoms with Crippen LogP contribution in [0.1, 0.15) is 56.9 Å². The molecule has 0 aliphatic rings. The zero-order valence-electron chi connectivity index (χ0n) is 19.3. The van der Waals surface area contributed by atoms with Crippen LogP contribution < -0.4 is 4.74 Å². The summed E-state index contributed by atoms with van der Waals surface area (Å²) in [7, 11) is 0. The summed E-state index contributed by atoms with van der Waals surface area (Å²) in [6.45, 7) is 9.45. The van der Waals surface area contributed by atoms with Gasteiger partial charge in [0.15, 0.2) is 6.61 Å². The van der Waals surface area contributed by atoms with Crippen molar-refractivity contribution in [2.45, 2.75) is 45.4 Å². The molecule has 0 saturated heterocycles. The zero-order valence-corrected chi connectivity index (χ0v) is 19.3. The van der Waals surface area contributed by atoms with Crippen molar-refractivity contribution in [1.82, 2.24) is 0 Å². The van der Waals surface area contributed by atoms with Crippen LogP contribution in [0, 0.1) is 0 Å². The number of carbonyl (C=O) groups is 2. The second-order valence-corrected chi connectivity index (χ2v) is 8.92. The summed E-state index contributed by atoms with van der Waals surface area (Å²) in [5.41, 5.74) is 3.45. The molecule has 0 atom stereocenters. The highest BCUT2D eigenvalue weighted by atomic mass is 16.6. The Kier molecular flexibility index (Phi) is 6.83. The lowest BCUT2D eigenvalue weighted by molar-refractivity contribution is -0.152. The molecule has 4 nitrogen and oxygen atoms in total. The monoisotopic (exact) mass is 430 g/mol. The average molecular weight is 431 g/mol. The van der Waals surface area contributed by atoms with Crippen LogP contribution in [-0.2, 0) is 25.2 Å². The maximum atomic E-state index is 12.5. The van der Waals surface area contributed by atoms with Crippen molar-refractivity contribution in [3.05, 3.63) is 101 Å². The number of ether oxygens (including phenoxy) is 2. The molecule has 4 heteroatoms. The molecule has 0 bridgehead atoms. The standard InChI is InChI=1S/C28H30O4/c1-20(29)31-19-25(30)32-24-18-12-17-23(27(2,3)21-13-8-6-9-14-21)26(24)28(4,5)22-15-10-7-11-16-22/h6-18H,19H2,1-5H3. The Hall–Kier alpha value is -3.40. The van der Waals surface area contributed by atoms with Gasteiger partial charge in [-0.05, 0) is 22.8 Å². The van der Waals surface area contributed by atoms with E-state index in [1.165, 1.54) is 6.92 Å². The Bertz CT molecular complexity index is 1080. The fraction of sp³-hybridized carbons (Fsp3) is 0.286. The third-order valence-corrected chi connectivity index (χ3v) is 5.93. The smallest absolute Gasteiger partial charge is 0.349 e. The normalized spacial score (nSPS) is 11.7. The van der Waals surface area contributed by atoms with Crippen molar-refractivity contribution in [2.24, 2.45) is 0 Å². The Labute approximate surface area is 190 Å². The SMILES string of the molecule is CC(=O)OCC(=O)Oc1cccc(C(C)(C)c2ccccc2)c1C(C)(C)c1ccccc1. The van der Waals surface area contributed by atoms with E-state index in [4.69, 9.17) is 9.47 Å². The second-order valence-electron chi connectivity index (χ2n) is 8.92. The second kappa shape index (κ2) is 9.39. The van der Waals surface area contributed by atoms with E-state index in [1.54, 1.807) is 6.07 Å². The predicted octanol–water partition coefficient (Wildman–Crippen LogP) is 5.81. The Morgan fingerprint density at radius 2 is 1.25 bits per heavy atom. The Morgan fingerprint density at radius 1 is 0.719 bits per heavy atom. The van der Waals surface area contributed by atoms with Gasteiger partial charge in [0.25, 0.3) is 0 Å². The number of esters is 2. The maximum Gasteiger partial charge on any atom is 0.349 e. The van der Waals surface area contributed by atoms with Crippen LogP contribution in [0.3, 0.4) is 0 Å². The van der Waals surface area contributed by atoms with Crippen molar-refractivity contribution in [2.75, 3.05) is 6.61 Å². The fourth-order valence-corrected chi connectivity index (χ4v) is 4.10. The van der Waals surface area contributed by atoms with Gasteiger partial charge >= 0.3 is 11.9 Å². The Morgan fingerprint density at radius 3 is 1.78 bits per heavy atom. The van der Waals surface area contributed by atoms with Crippen molar-refractivity contribution in [1.29, 1.82) is 0 Å². The highest BCUT2D eigenvalue weighted by Crippen LogP contribution is 2.45. The molecule has 3 rings (SSSR count). The lowest BCUT2D eigenvalue weighted by atomic mass is 9.68. The van der Waals surface area contributed by atoms with Crippen molar-refractivity contribution >= 4 is 11.9 Å². The van der Waals surface area contributed by atoms with E-state index < -0.39 is 24.0 Å². The van der Waals surface area contributed by atoms with E-state index in [0.29, 0.717) is 5.75 Å². The average Bonchev–Trinajstić information content (AvgIpc) is 2.78. The molecule has 0 unspecified atom stereocenters. The highest BCUT2D eigenvalue weighted by Gasteiger charge is 2.36. The van der Waals surface area contributed by atoms with Crippen LogP contribution in [0.25, 0.3) is 0 Å². The van der Waals surface area contributed by atoms with Gasteiger partial charge in [-0.3, -0.25) is 4.79 Å². The van der Waals surface area contributed by atoms with Gasteiger partial charge in [0.1, 0.15) is 5.75 Å². The van der Waals surface area contributed by atoms with E-state index in [1.807, 2.05) is 42.5 Å². The summed E-state index contributed by atoms with van der Waals surface area (Å²) in [6.07, 6.45) is 0. The van der Waals surface area contributed by atoms with Gasteiger partial charge in [-0.15, -0.1) is 0 Å². The van der Waals surface area contributed by atoms with Gasteiger partial charge < -0.3 is 9.47 Å². The third-order valence-electron chi connectivity index (χ3n) is 5.93. The van der Waals surface area contributed by atoms with Crippen LogP contribution in [-0.4, -0.2) is 18.5 Å². The first-order valence-corrected chi connectivity index (χ1v) is 10.7. The molecule has 0 fully saturated rings. The van der Waals surface area contributed by atoms with Crippen LogP contribution in [0.5, 0.6) is 5.75 Å². The van der Waals surface area contributed by atoms with Gasteiger partial charge in [-0.1, -0.05) is 100 Å². The molecule has 3 aromatic rings. The minimum Gasteiger partial charge on any atom is -0.454 e. The molecule has 0 radical (unpaired) electrons. The van der Waals surface area contributed by atoms with Gasteiger partial charge in [0.05, 0.1) is 0 Å². The van der Waals surface area contributed by atoms with E-state index >= 15 is 0 Å². The summed E-state index contributed by atoms with van der Waals surface area (Å²) in [6, 6.07) is 26.2. The predicted molar refractivity (Wildman–Crippen MR) is 126 cm³/mol. The molecule has 0 N–H and O–H groups in total. The first-order valence-electron chi connectivity index (χ1n) is 10.7. The van der Waals surface area contributed by atoms with E-state index in [2.05, 4.69) is 58.0 Å². The van der Waals surface area contributed by atoms with Gasteiger partial charge in [-0.25, -0.2) is 4.79 Å². The lowest BCUT2D eigenvalue weighted by Gasteiger charge is -2.36. The molecule has 0 amide bonds. The molecule has 0 aliphatic heterocycles. The van der Waals surface area contributed by atoms with E-state index in [9.17, 15) is 9.59 Å². The molecule has 0 saturated carbocycles. The number of carbonyl (C=O) groups excluding carboxylic acids is 2. The first kappa shape index (κ1) is 23.3. The van der Waals surface area contributed by atoms with Crippen molar-refractivity contribution in [3.63, 3.8) is 0 Å². The third kappa shape index (κ3) is 4.91. The lowest BCUT2D eigenvalue weighted by Crippen LogP contribution is -2.30. The molecule has 0 spiro atoms. The Balaban J connectivity index is 2.18. The van der Waals surface area contributed by atoms with Gasteiger partial charge in [0, 0.05) is 23.3 Å². The summed E-state index contributed by atoms with van der Waals surface area (Å²) >= 11 is 0. The fourth-order valence-electron chi connectivity index (χ4n) is 4.10. The minimum atomic E-state index is -0.611. The zero-order chi connectivity index (χ0) is 23.4. The van der Waals surface area contributed by atoms with Crippen LogP contribution in [0.4, 0.5) is 0 Å². The van der Waals surface area contributed by atoms with Crippen LogP contribution >= 0.6 is 0 Å². The molecule has 3 aromatic carbocycles. The highest BCUT2D eigenvalue weighted by molar-refractivity contribution is 5.77. The molecule has 32 heavy (non-hydrogen) atoms. The number of rotatable bonds is 7. The van der Waals surface area contributed by atoms with Gasteiger partial charge in [-0.2, -0.15) is 0 Å². The van der Waals surface area contributed by atoms with Crippen LogP contribution in [0.15, 0.2) is 78.9 Å². The van der Waals surface area contributed by atoms with E-state index in [0.717, 1.165) is 22.3 Å². The topological polar surface area (TPSA) is 52.6 Å². The summed E-state index contributed by atoms with van der Waals surface area (Å²) < 4.78 is 10.6. The van der Waals surface area contributed by atoms with Crippen molar-refractivity contribution in [3.8, 4) is 5.75 Å². The summed E-state index contributed by atoms with van der Waals surface area (Å²) in [4.78, 5) is 23.6. The van der Waals surface area contributed by atoms with E-state index in [-0.39, 0.29) is 5.41 Å². The molecule has 166 valence electrons. The number of benzene rings is 3. The number of hydrogen-bond donors (Lipinski definition) is 0. The molecular formula is C28H30O4. The summed E-state index contributed by atoms with van der Waals surface area (Å²) in [5.74, 6) is -0.664. The quantitative estimate of drug-likeness (QED) is 0.351. The summed E-state index contributed by atoms with van der Waals surface area (Å²) in [5, 5.41) is 0. The molecular weight excluding hydrogens is 400 g/mol. The maximum absolute atomic E-state index is 12.5.